The van der Waals surface area contributed by atoms with Crippen molar-refractivity contribution in [3.8, 4) is 0 Å². The Bertz CT molecular complexity index is 167. The molecule has 0 radical (unpaired) electrons. The van der Waals surface area contributed by atoms with Crippen LogP contribution in [0.4, 0.5) is 13.2 Å². The minimum atomic E-state index is -4.15. The maximum absolute atomic E-state index is 12.2. The number of nitrogens with zero attached hydrogens (tertiary/aromatic N) is 1. The second-order valence-corrected chi connectivity index (χ2v) is 4.91. The maximum Gasteiger partial charge on any atom is 0.401 e. The van der Waals surface area contributed by atoms with Gasteiger partial charge in [0.1, 0.15) is 0 Å². The van der Waals surface area contributed by atoms with Crippen molar-refractivity contribution in [3.63, 3.8) is 0 Å². The van der Waals surface area contributed by atoms with E-state index in [0.717, 1.165) is 17.9 Å². The van der Waals surface area contributed by atoms with E-state index in [0.29, 0.717) is 19.5 Å². The number of hydrogen-bond donors (Lipinski definition) is 1. The lowest BCUT2D eigenvalue weighted by molar-refractivity contribution is -0.146. The van der Waals surface area contributed by atoms with Crippen molar-refractivity contribution in [1.29, 1.82) is 0 Å². The van der Waals surface area contributed by atoms with E-state index in [2.05, 4.69) is 0 Å². The van der Waals surface area contributed by atoms with Gasteiger partial charge < -0.3 is 5.11 Å². The van der Waals surface area contributed by atoms with Gasteiger partial charge in [-0.05, 0) is 30.9 Å². The van der Waals surface area contributed by atoms with Crippen molar-refractivity contribution in [2.24, 2.45) is 0 Å². The summed E-state index contributed by atoms with van der Waals surface area (Å²) < 4.78 is 36.6. The number of hydrogen-bond acceptors (Lipinski definition) is 3. The summed E-state index contributed by atoms with van der Waals surface area (Å²) in [7, 11) is 0. The predicted octanol–water partition coefficient (Wildman–Crippen LogP) is 2.38. The summed E-state index contributed by atoms with van der Waals surface area (Å²) in [5.74, 6) is 1.89. The van der Waals surface area contributed by atoms with Crippen LogP contribution in [0, 0.1) is 0 Å². The Morgan fingerprint density at radius 2 is 1.81 bits per heavy atom. The molecule has 0 aromatic carbocycles. The molecule has 0 aliphatic carbocycles. The van der Waals surface area contributed by atoms with Crippen LogP contribution in [0.3, 0.4) is 0 Å². The number of thioether (sulfide) groups is 1. The minimum Gasteiger partial charge on any atom is -0.396 e. The second-order valence-electron chi connectivity index (χ2n) is 3.52. The van der Waals surface area contributed by atoms with Crippen LogP contribution >= 0.6 is 11.8 Å². The summed E-state index contributed by atoms with van der Waals surface area (Å²) in [4.78, 5) is 1.37. The van der Waals surface area contributed by atoms with Gasteiger partial charge in [-0.1, -0.05) is 6.92 Å². The van der Waals surface area contributed by atoms with Crippen molar-refractivity contribution in [2.75, 3.05) is 37.7 Å². The molecule has 0 amide bonds. The highest BCUT2D eigenvalue weighted by molar-refractivity contribution is 7.99. The number of rotatable bonds is 9. The minimum absolute atomic E-state index is 0.0575. The molecule has 0 bridgehead atoms. The summed E-state index contributed by atoms with van der Waals surface area (Å²) in [6, 6.07) is 0. The van der Waals surface area contributed by atoms with E-state index < -0.39 is 12.7 Å². The molecule has 0 saturated carbocycles. The molecule has 0 unspecified atom stereocenters. The Labute approximate surface area is 99.2 Å². The average molecular weight is 259 g/mol. The third kappa shape index (κ3) is 10.6. The molecule has 0 saturated heterocycles. The zero-order valence-corrected chi connectivity index (χ0v) is 10.4. The van der Waals surface area contributed by atoms with Gasteiger partial charge in [0, 0.05) is 13.2 Å². The topological polar surface area (TPSA) is 23.5 Å². The number of alkyl halides is 3. The van der Waals surface area contributed by atoms with Crippen LogP contribution in [-0.2, 0) is 0 Å². The maximum atomic E-state index is 12.2. The van der Waals surface area contributed by atoms with Crippen LogP contribution in [0.5, 0.6) is 0 Å². The van der Waals surface area contributed by atoms with Crippen LogP contribution in [-0.4, -0.2) is 53.9 Å². The first kappa shape index (κ1) is 16.1. The fourth-order valence-electron chi connectivity index (χ4n) is 1.35. The van der Waals surface area contributed by atoms with Gasteiger partial charge >= 0.3 is 6.18 Å². The molecule has 0 spiro atoms. The largest absolute Gasteiger partial charge is 0.401 e. The van der Waals surface area contributed by atoms with E-state index >= 15 is 0 Å². The average Bonchev–Trinajstić information content (AvgIpc) is 2.18. The van der Waals surface area contributed by atoms with E-state index in [-0.39, 0.29) is 6.61 Å². The molecule has 16 heavy (non-hydrogen) atoms. The lowest BCUT2D eigenvalue weighted by Crippen LogP contribution is -2.36. The molecule has 1 N–H and O–H groups in total. The fraction of sp³-hybridized carbons (Fsp3) is 1.00. The highest BCUT2D eigenvalue weighted by Crippen LogP contribution is 2.17. The Balaban J connectivity index is 3.81. The van der Waals surface area contributed by atoms with Crippen molar-refractivity contribution in [3.05, 3.63) is 0 Å². The van der Waals surface area contributed by atoms with Crippen LogP contribution in [0.2, 0.25) is 0 Å². The third-order valence-electron chi connectivity index (χ3n) is 2.00. The zero-order valence-electron chi connectivity index (χ0n) is 9.59. The number of aliphatic hydroxyl groups excluding tert-OH is 1. The third-order valence-corrected chi connectivity index (χ3v) is 2.99. The van der Waals surface area contributed by atoms with Crippen molar-refractivity contribution >= 4 is 11.8 Å². The summed E-state index contributed by atoms with van der Waals surface area (Å²) in [5, 5.41) is 8.61. The smallest absolute Gasteiger partial charge is 0.396 e. The highest BCUT2D eigenvalue weighted by Gasteiger charge is 2.30. The monoisotopic (exact) mass is 259 g/mol. The van der Waals surface area contributed by atoms with E-state index in [1.54, 1.807) is 11.8 Å². The number of aliphatic hydroxyl groups is 1. The first-order valence-corrected chi connectivity index (χ1v) is 6.62. The zero-order chi connectivity index (χ0) is 12.4. The van der Waals surface area contributed by atoms with E-state index in [9.17, 15) is 13.2 Å². The van der Waals surface area contributed by atoms with Crippen molar-refractivity contribution < 1.29 is 18.3 Å². The molecule has 0 aromatic rings. The van der Waals surface area contributed by atoms with E-state index in [1.165, 1.54) is 4.90 Å². The van der Waals surface area contributed by atoms with Gasteiger partial charge in [-0.3, -0.25) is 4.90 Å². The summed E-state index contributed by atoms with van der Waals surface area (Å²) >= 11 is 1.73. The van der Waals surface area contributed by atoms with Crippen LogP contribution < -0.4 is 0 Å². The molecule has 0 aliphatic rings. The summed E-state index contributed by atoms with van der Waals surface area (Å²) in [5.41, 5.74) is 0. The molecule has 98 valence electrons. The van der Waals surface area contributed by atoms with Gasteiger partial charge in [-0.15, -0.1) is 0 Å². The van der Waals surface area contributed by atoms with Crippen molar-refractivity contribution in [1.82, 2.24) is 4.90 Å². The van der Waals surface area contributed by atoms with Crippen LogP contribution in [0.25, 0.3) is 0 Å². The van der Waals surface area contributed by atoms with Gasteiger partial charge in [-0.25, -0.2) is 0 Å². The lowest BCUT2D eigenvalue weighted by Gasteiger charge is -2.23. The Hall–Kier alpha value is 0.0600. The molecule has 0 atom stereocenters. The fourth-order valence-corrected chi connectivity index (χ4v) is 1.97. The summed E-state index contributed by atoms with van der Waals surface area (Å²) in [6.07, 6.45) is -2.98. The Morgan fingerprint density at radius 3 is 2.31 bits per heavy atom. The van der Waals surface area contributed by atoms with E-state index in [4.69, 9.17) is 5.11 Å². The van der Waals surface area contributed by atoms with Gasteiger partial charge in [-0.2, -0.15) is 24.9 Å². The second kappa shape index (κ2) is 9.13. The normalized spacial score (nSPS) is 12.4. The highest BCUT2D eigenvalue weighted by atomic mass is 32.2. The molecule has 0 fully saturated rings. The molecule has 0 aliphatic heterocycles. The van der Waals surface area contributed by atoms with Crippen molar-refractivity contribution in [2.45, 2.75) is 25.9 Å². The predicted molar refractivity (Wildman–Crippen MR) is 61.8 cm³/mol. The Kier molecular flexibility index (Phi) is 9.16. The van der Waals surface area contributed by atoms with Crippen LogP contribution in [0.15, 0.2) is 0 Å². The van der Waals surface area contributed by atoms with Crippen LogP contribution in [0.1, 0.15) is 19.8 Å². The Morgan fingerprint density at radius 1 is 1.19 bits per heavy atom. The van der Waals surface area contributed by atoms with E-state index in [1.807, 2.05) is 6.92 Å². The van der Waals surface area contributed by atoms with Gasteiger partial charge in [0.05, 0.1) is 6.54 Å². The lowest BCUT2D eigenvalue weighted by atomic mass is 10.3. The van der Waals surface area contributed by atoms with Gasteiger partial charge in [0.25, 0.3) is 0 Å². The first-order valence-electron chi connectivity index (χ1n) is 5.47. The van der Waals surface area contributed by atoms with Gasteiger partial charge in [0.15, 0.2) is 0 Å². The standard InChI is InChI=1S/C10H20F3NOS/c1-2-16-8-4-6-14(5-3-7-15)9-10(11,12)13/h15H,2-9H2,1H3. The molecular formula is C10H20F3NOS. The number of halogens is 3. The van der Waals surface area contributed by atoms with Gasteiger partial charge in [0.2, 0.25) is 0 Å². The summed E-state index contributed by atoms with van der Waals surface area (Å²) in [6.45, 7) is 1.87. The quantitative estimate of drug-likeness (QED) is 0.643. The molecular weight excluding hydrogens is 239 g/mol. The first-order chi connectivity index (χ1) is 7.49. The molecule has 0 heterocycles. The molecule has 0 aromatic heterocycles. The molecule has 6 heteroatoms. The molecule has 0 rings (SSSR count). The molecule has 2 nitrogen and oxygen atoms in total. The SMILES string of the molecule is CCSCCCN(CCCO)CC(F)(F)F.